The molecule has 0 atom stereocenters. The molecule has 20 heavy (non-hydrogen) atoms. The number of carboxylic acid groups (broad SMARTS) is 1. The van der Waals surface area contributed by atoms with Gasteiger partial charge < -0.3 is 14.6 Å². The Morgan fingerprint density at radius 3 is 2.65 bits per heavy atom. The third-order valence-corrected chi connectivity index (χ3v) is 4.37. The van der Waals surface area contributed by atoms with Gasteiger partial charge in [0, 0.05) is 0 Å². The summed E-state index contributed by atoms with van der Waals surface area (Å²) in [5, 5.41) is 9.31. The summed E-state index contributed by atoms with van der Waals surface area (Å²) in [6, 6.07) is 1.92. The highest BCUT2D eigenvalue weighted by Gasteiger charge is 2.30. The van der Waals surface area contributed by atoms with E-state index in [2.05, 4.69) is 15.9 Å². The van der Waals surface area contributed by atoms with Gasteiger partial charge in [0.05, 0.1) is 9.89 Å². The summed E-state index contributed by atoms with van der Waals surface area (Å²) in [4.78, 5) is 11.3. The Labute approximate surface area is 127 Å². The molecule has 1 aromatic carbocycles. The number of fused-ring (bicyclic) bond motifs is 1. The van der Waals surface area contributed by atoms with Crippen LogP contribution in [0.1, 0.15) is 31.9 Å². The molecule has 0 amide bonds. The molecule has 1 N–H and O–H groups in total. The Kier molecular flexibility index (Phi) is 4.28. The molecule has 0 bridgehead atoms. The van der Waals surface area contributed by atoms with Gasteiger partial charge in [0.2, 0.25) is 0 Å². The first kappa shape index (κ1) is 15.2. The number of rotatable bonds is 4. The molecular weight excluding hydrogens is 324 g/mol. The van der Waals surface area contributed by atoms with E-state index in [0.29, 0.717) is 25.4 Å². The predicted molar refractivity (Wildman–Crippen MR) is 79.6 cm³/mol. The summed E-state index contributed by atoms with van der Waals surface area (Å²) in [5.41, 5.74) is 1.27. The SMILES string of the molecule is CCc1c(CC(C)(C)C(=O)O)cc2c(c1Br)OCCO2. The Hall–Kier alpha value is -1.23. The van der Waals surface area contributed by atoms with Crippen LogP contribution < -0.4 is 9.47 Å². The average Bonchev–Trinajstić information content (AvgIpc) is 2.38. The fourth-order valence-electron chi connectivity index (χ4n) is 2.33. The van der Waals surface area contributed by atoms with Crippen LogP contribution in [0.3, 0.4) is 0 Å². The second kappa shape index (κ2) is 5.64. The highest BCUT2D eigenvalue weighted by Crippen LogP contribution is 2.43. The van der Waals surface area contributed by atoms with Crippen LogP contribution in [-0.2, 0) is 17.6 Å². The van der Waals surface area contributed by atoms with Gasteiger partial charge in [-0.05, 0) is 59.8 Å². The third kappa shape index (κ3) is 2.77. The van der Waals surface area contributed by atoms with Crippen LogP contribution in [0.4, 0.5) is 0 Å². The predicted octanol–water partition coefficient (Wildman–Crippen LogP) is 3.44. The Bertz CT molecular complexity index is 537. The number of benzene rings is 1. The summed E-state index contributed by atoms with van der Waals surface area (Å²) in [6.07, 6.45) is 1.27. The van der Waals surface area contributed by atoms with Gasteiger partial charge in [-0.15, -0.1) is 0 Å². The molecular formula is C15H19BrO4. The average molecular weight is 343 g/mol. The normalized spacial score (nSPS) is 14.2. The summed E-state index contributed by atoms with van der Waals surface area (Å²) in [7, 11) is 0. The van der Waals surface area contributed by atoms with Crippen LogP contribution in [0, 0.1) is 5.41 Å². The summed E-state index contributed by atoms with van der Waals surface area (Å²) >= 11 is 3.57. The maximum absolute atomic E-state index is 11.3. The first-order valence-electron chi connectivity index (χ1n) is 6.70. The van der Waals surface area contributed by atoms with Crippen LogP contribution in [0.25, 0.3) is 0 Å². The molecule has 1 aliphatic heterocycles. The van der Waals surface area contributed by atoms with E-state index in [9.17, 15) is 9.90 Å². The molecule has 0 aromatic heterocycles. The van der Waals surface area contributed by atoms with E-state index in [-0.39, 0.29) is 0 Å². The molecule has 5 heteroatoms. The van der Waals surface area contributed by atoms with Gasteiger partial charge in [-0.1, -0.05) is 6.92 Å². The number of carboxylic acids is 1. The Morgan fingerprint density at radius 1 is 1.40 bits per heavy atom. The molecule has 1 aromatic rings. The molecule has 0 spiro atoms. The van der Waals surface area contributed by atoms with Gasteiger partial charge >= 0.3 is 5.97 Å². The number of aliphatic carboxylic acids is 1. The maximum atomic E-state index is 11.3. The van der Waals surface area contributed by atoms with E-state index >= 15 is 0 Å². The van der Waals surface area contributed by atoms with E-state index in [1.54, 1.807) is 13.8 Å². The minimum Gasteiger partial charge on any atom is -0.486 e. The van der Waals surface area contributed by atoms with E-state index in [4.69, 9.17) is 9.47 Å². The molecule has 4 nitrogen and oxygen atoms in total. The minimum absolute atomic E-state index is 0.459. The zero-order valence-electron chi connectivity index (χ0n) is 12.0. The van der Waals surface area contributed by atoms with Crippen LogP contribution in [0.15, 0.2) is 10.5 Å². The van der Waals surface area contributed by atoms with E-state index in [0.717, 1.165) is 27.8 Å². The van der Waals surface area contributed by atoms with Crippen molar-refractivity contribution in [2.45, 2.75) is 33.6 Å². The first-order valence-corrected chi connectivity index (χ1v) is 7.49. The Morgan fingerprint density at radius 2 is 2.05 bits per heavy atom. The smallest absolute Gasteiger partial charge is 0.309 e. The van der Waals surface area contributed by atoms with Crippen molar-refractivity contribution >= 4 is 21.9 Å². The van der Waals surface area contributed by atoms with Crippen molar-refractivity contribution in [3.05, 3.63) is 21.7 Å². The summed E-state index contributed by atoms with van der Waals surface area (Å²) in [6.45, 7) is 6.58. The van der Waals surface area contributed by atoms with Crippen LogP contribution in [0.5, 0.6) is 11.5 Å². The highest BCUT2D eigenvalue weighted by atomic mass is 79.9. The molecule has 0 fully saturated rings. The molecule has 110 valence electrons. The molecule has 0 saturated carbocycles. The van der Waals surface area contributed by atoms with Gasteiger partial charge in [0.15, 0.2) is 11.5 Å². The summed E-state index contributed by atoms with van der Waals surface area (Å²) < 4.78 is 12.1. The van der Waals surface area contributed by atoms with Crippen LogP contribution >= 0.6 is 15.9 Å². The van der Waals surface area contributed by atoms with Gasteiger partial charge in [0.25, 0.3) is 0 Å². The van der Waals surface area contributed by atoms with Gasteiger partial charge in [-0.3, -0.25) is 4.79 Å². The van der Waals surface area contributed by atoms with Crippen LogP contribution in [0.2, 0.25) is 0 Å². The largest absolute Gasteiger partial charge is 0.486 e. The van der Waals surface area contributed by atoms with Crippen molar-refractivity contribution in [1.29, 1.82) is 0 Å². The van der Waals surface area contributed by atoms with Crippen molar-refractivity contribution in [3.8, 4) is 11.5 Å². The summed E-state index contributed by atoms with van der Waals surface area (Å²) in [5.74, 6) is 0.618. The molecule has 1 heterocycles. The molecule has 0 saturated heterocycles. The lowest BCUT2D eigenvalue weighted by Gasteiger charge is -2.26. The third-order valence-electron chi connectivity index (χ3n) is 3.53. The first-order chi connectivity index (χ1) is 9.36. The lowest BCUT2D eigenvalue weighted by molar-refractivity contribution is -0.146. The monoisotopic (exact) mass is 342 g/mol. The lowest BCUT2D eigenvalue weighted by atomic mass is 9.83. The zero-order chi connectivity index (χ0) is 14.9. The van der Waals surface area contributed by atoms with Crippen LogP contribution in [-0.4, -0.2) is 24.3 Å². The fraction of sp³-hybridized carbons (Fsp3) is 0.533. The molecule has 0 radical (unpaired) electrons. The van der Waals surface area contributed by atoms with Crippen molar-refractivity contribution in [3.63, 3.8) is 0 Å². The Balaban J connectivity index is 2.47. The standard InChI is InChI=1S/C15H19BrO4/c1-4-10-9(8-15(2,3)14(17)18)7-11-13(12(10)16)20-6-5-19-11/h7H,4-6,8H2,1-3H3,(H,17,18). The molecule has 1 aliphatic rings. The number of ether oxygens (including phenoxy) is 2. The number of hydrogen-bond donors (Lipinski definition) is 1. The van der Waals surface area contributed by atoms with Gasteiger partial charge in [0.1, 0.15) is 13.2 Å². The number of halogens is 1. The fourth-order valence-corrected chi connectivity index (χ4v) is 3.17. The molecule has 2 rings (SSSR count). The second-order valence-electron chi connectivity index (χ2n) is 5.57. The molecule has 0 aliphatic carbocycles. The topological polar surface area (TPSA) is 55.8 Å². The number of carbonyl (C=O) groups is 1. The number of hydrogen-bond acceptors (Lipinski definition) is 3. The van der Waals surface area contributed by atoms with E-state index in [1.165, 1.54) is 0 Å². The maximum Gasteiger partial charge on any atom is 0.309 e. The van der Waals surface area contributed by atoms with Crippen molar-refractivity contribution in [2.24, 2.45) is 5.41 Å². The van der Waals surface area contributed by atoms with Crippen molar-refractivity contribution in [1.82, 2.24) is 0 Å². The van der Waals surface area contributed by atoms with Crippen molar-refractivity contribution in [2.75, 3.05) is 13.2 Å². The van der Waals surface area contributed by atoms with Crippen molar-refractivity contribution < 1.29 is 19.4 Å². The van der Waals surface area contributed by atoms with E-state index in [1.807, 2.05) is 13.0 Å². The van der Waals surface area contributed by atoms with E-state index < -0.39 is 11.4 Å². The second-order valence-corrected chi connectivity index (χ2v) is 6.36. The highest BCUT2D eigenvalue weighted by molar-refractivity contribution is 9.10. The van der Waals surface area contributed by atoms with Gasteiger partial charge in [-0.25, -0.2) is 0 Å². The minimum atomic E-state index is -0.812. The lowest BCUT2D eigenvalue weighted by Crippen LogP contribution is -2.27. The quantitative estimate of drug-likeness (QED) is 0.910. The van der Waals surface area contributed by atoms with Gasteiger partial charge in [-0.2, -0.15) is 0 Å². The zero-order valence-corrected chi connectivity index (χ0v) is 13.5. The molecule has 0 unspecified atom stereocenters.